The highest BCUT2D eigenvalue weighted by Crippen LogP contribution is 2.21. The SMILES string of the molecule is CCCCOc1ccc(C(=O)Nc2ccc(C)c(NC(C)=O)c2)cc1. The second-order valence-corrected chi connectivity index (χ2v) is 5.89. The molecule has 0 bridgehead atoms. The average Bonchev–Trinajstić information content (AvgIpc) is 2.58. The minimum Gasteiger partial charge on any atom is -0.494 e. The molecule has 2 amide bonds. The Morgan fingerprint density at radius 3 is 2.40 bits per heavy atom. The van der Waals surface area contributed by atoms with Gasteiger partial charge in [0.2, 0.25) is 5.91 Å². The number of unbranched alkanes of at least 4 members (excludes halogenated alkanes) is 1. The molecule has 0 aliphatic carbocycles. The lowest BCUT2D eigenvalue weighted by Crippen LogP contribution is -2.13. The molecule has 0 aromatic heterocycles. The van der Waals surface area contributed by atoms with E-state index in [0.717, 1.165) is 24.2 Å². The molecule has 0 spiro atoms. The molecular formula is C20H24N2O3. The number of rotatable bonds is 7. The average molecular weight is 340 g/mol. The molecule has 2 aromatic carbocycles. The molecule has 132 valence electrons. The van der Waals surface area contributed by atoms with Crippen LogP contribution in [-0.4, -0.2) is 18.4 Å². The summed E-state index contributed by atoms with van der Waals surface area (Å²) in [6.07, 6.45) is 2.09. The van der Waals surface area contributed by atoms with Crippen molar-refractivity contribution in [1.29, 1.82) is 0 Å². The van der Waals surface area contributed by atoms with E-state index in [9.17, 15) is 9.59 Å². The highest BCUT2D eigenvalue weighted by molar-refractivity contribution is 6.04. The van der Waals surface area contributed by atoms with Gasteiger partial charge in [0.1, 0.15) is 5.75 Å². The Balaban J connectivity index is 2.03. The van der Waals surface area contributed by atoms with Crippen molar-refractivity contribution >= 4 is 23.2 Å². The summed E-state index contributed by atoms with van der Waals surface area (Å²) in [5.74, 6) is 0.399. The summed E-state index contributed by atoms with van der Waals surface area (Å²) in [7, 11) is 0. The molecule has 0 heterocycles. The Labute approximate surface area is 148 Å². The van der Waals surface area contributed by atoms with Crippen LogP contribution < -0.4 is 15.4 Å². The topological polar surface area (TPSA) is 67.4 Å². The van der Waals surface area contributed by atoms with Crippen molar-refractivity contribution in [3.05, 3.63) is 53.6 Å². The zero-order valence-corrected chi connectivity index (χ0v) is 14.9. The fourth-order valence-electron chi connectivity index (χ4n) is 2.26. The van der Waals surface area contributed by atoms with E-state index in [1.165, 1.54) is 6.92 Å². The highest BCUT2D eigenvalue weighted by Gasteiger charge is 2.08. The van der Waals surface area contributed by atoms with Crippen molar-refractivity contribution in [2.45, 2.75) is 33.6 Å². The van der Waals surface area contributed by atoms with E-state index >= 15 is 0 Å². The van der Waals surface area contributed by atoms with Crippen LogP contribution in [0.5, 0.6) is 5.75 Å². The maximum atomic E-state index is 12.4. The van der Waals surface area contributed by atoms with Gasteiger partial charge in [-0.2, -0.15) is 0 Å². The highest BCUT2D eigenvalue weighted by atomic mass is 16.5. The number of anilines is 2. The first-order valence-corrected chi connectivity index (χ1v) is 8.42. The number of amides is 2. The van der Waals surface area contributed by atoms with Crippen LogP contribution in [0.3, 0.4) is 0 Å². The Morgan fingerprint density at radius 2 is 1.76 bits per heavy atom. The molecule has 0 fully saturated rings. The Kier molecular flexibility index (Phi) is 6.57. The first kappa shape index (κ1) is 18.5. The van der Waals surface area contributed by atoms with Crippen LogP contribution in [0.15, 0.2) is 42.5 Å². The molecule has 2 rings (SSSR count). The van der Waals surface area contributed by atoms with Crippen LogP contribution in [0.1, 0.15) is 42.6 Å². The smallest absolute Gasteiger partial charge is 0.255 e. The number of ether oxygens (including phenoxy) is 1. The number of carbonyl (C=O) groups excluding carboxylic acids is 2. The molecule has 5 nitrogen and oxygen atoms in total. The Hall–Kier alpha value is -2.82. The van der Waals surface area contributed by atoms with E-state index in [1.54, 1.807) is 36.4 Å². The second kappa shape index (κ2) is 8.87. The van der Waals surface area contributed by atoms with Crippen LogP contribution in [0.4, 0.5) is 11.4 Å². The summed E-state index contributed by atoms with van der Waals surface area (Å²) in [6, 6.07) is 12.5. The largest absolute Gasteiger partial charge is 0.494 e. The maximum Gasteiger partial charge on any atom is 0.255 e. The van der Waals surface area contributed by atoms with Crippen molar-refractivity contribution in [3.8, 4) is 5.75 Å². The summed E-state index contributed by atoms with van der Waals surface area (Å²) >= 11 is 0. The van der Waals surface area contributed by atoms with Crippen molar-refractivity contribution in [2.24, 2.45) is 0 Å². The van der Waals surface area contributed by atoms with Crippen LogP contribution in [0.25, 0.3) is 0 Å². The van der Waals surface area contributed by atoms with Crippen LogP contribution in [-0.2, 0) is 4.79 Å². The molecule has 0 saturated heterocycles. The predicted molar refractivity (Wildman–Crippen MR) is 100 cm³/mol. The molecule has 0 aliphatic rings. The zero-order chi connectivity index (χ0) is 18.2. The van der Waals surface area contributed by atoms with Gasteiger partial charge in [0.15, 0.2) is 0 Å². The van der Waals surface area contributed by atoms with Crippen LogP contribution >= 0.6 is 0 Å². The van der Waals surface area contributed by atoms with Gasteiger partial charge >= 0.3 is 0 Å². The van der Waals surface area contributed by atoms with Gasteiger partial charge in [-0.1, -0.05) is 19.4 Å². The zero-order valence-electron chi connectivity index (χ0n) is 14.9. The van der Waals surface area contributed by atoms with Gasteiger partial charge in [0.25, 0.3) is 5.91 Å². The number of hydrogen-bond acceptors (Lipinski definition) is 3. The summed E-state index contributed by atoms with van der Waals surface area (Å²) in [5.41, 5.74) is 2.79. The van der Waals surface area contributed by atoms with E-state index < -0.39 is 0 Å². The summed E-state index contributed by atoms with van der Waals surface area (Å²) in [6.45, 7) is 6.14. The third kappa shape index (κ3) is 5.64. The van der Waals surface area contributed by atoms with Gasteiger partial charge in [-0.05, 0) is 55.3 Å². The quantitative estimate of drug-likeness (QED) is 0.735. The molecule has 5 heteroatoms. The first-order valence-electron chi connectivity index (χ1n) is 8.42. The number of aryl methyl sites for hydroxylation is 1. The van der Waals surface area contributed by atoms with Gasteiger partial charge in [0.05, 0.1) is 6.61 Å². The lowest BCUT2D eigenvalue weighted by atomic mass is 10.1. The molecular weight excluding hydrogens is 316 g/mol. The minimum absolute atomic E-state index is 0.148. The van der Waals surface area contributed by atoms with E-state index in [-0.39, 0.29) is 11.8 Å². The lowest BCUT2D eigenvalue weighted by molar-refractivity contribution is -0.114. The summed E-state index contributed by atoms with van der Waals surface area (Å²) < 4.78 is 5.59. The monoisotopic (exact) mass is 340 g/mol. The summed E-state index contributed by atoms with van der Waals surface area (Å²) in [5, 5.41) is 5.59. The number of hydrogen-bond donors (Lipinski definition) is 2. The lowest BCUT2D eigenvalue weighted by Gasteiger charge is -2.11. The number of benzene rings is 2. The minimum atomic E-state index is -0.210. The van der Waals surface area contributed by atoms with Crippen molar-refractivity contribution < 1.29 is 14.3 Å². The van der Waals surface area contributed by atoms with E-state index in [4.69, 9.17) is 4.74 Å². The van der Waals surface area contributed by atoms with E-state index in [2.05, 4.69) is 17.6 Å². The normalized spacial score (nSPS) is 10.2. The van der Waals surface area contributed by atoms with Crippen molar-refractivity contribution in [2.75, 3.05) is 17.2 Å². The summed E-state index contributed by atoms with van der Waals surface area (Å²) in [4.78, 5) is 23.6. The second-order valence-electron chi connectivity index (χ2n) is 5.89. The first-order chi connectivity index (χ1) is 12.0. The predicted octanol–water partition coefficient (Wildman–Crippen LogP) is 4.38. The van der Waals surface area contributed by atoms with Gasteiger partial charge in [-0.15, -0.1) is 0 Å². The third-order valence-electron chi connectivity index (χ3n) is 3.69. The molecule has 0 radical (unpaired) electrons. The third-order valence-corrected chi connectivity index (χ3v) is 3.69. The van der Waals surface area contributed by atoms with Gasteiger partial charge in [0, 0.05) is 23.9 Å². The van der Waals surface area contributed by atoms with Crippen molar-refractivity contribution in [3.63, 3.8) is 0 Å². The number of carbonyl (C=O) groups is 2. The molecule has 0 aliphatic heterocycles. The fraction of sp³-hybridized carbons (Fsp3) is 0.300. The molecule has 25 heavy (non-hydrogen) atoms. The van der Waals surface area contributed by atoms with E-state index in [1.807, 2.05) is 13.0 Å². The van der Waals surface area contributed by atoms with Crippen LogP contribution in [0.2, 0.25) is 0 Å². The van der Waals surface area contributed by atoms with Gasteiger partial charge in [-0.3, -0.25) is 9.59 Å². The molecule has 0 atom stereocenters. The molecule has 2 aromatic rings. The van der Waals surface area contributed by atoms with Gasteiger partial charge < -0.3 is 15.4 Å². The Bertz CT molecular complexity index is 739. The molecule has 2 N–H and O–H groups in total. The van der Waals surface area contributed by atoms with Crippen molar-refractivity contribution in [1.82, 2.24) is 0 Å². The fourth-order valence-corrected chi connectivity index (χ4v) is 2.26. The van der Waals surface area contributed by atoms with Crippen LogP contribution in [0, 0.1) is 6.92 Å². The van der Waals surface area contributed by atoms with Gasteiger partial charge in [-0.25, -0.2) is 0 Å². The maximum absolute atomic E-state index is 12.4. The standard InChI is InChI=1S/C20H24N2O3/c1-4-5-12-25-18-10-7-16(8-11-18)20(24)22-17-9-6-14(2)19(13-17)21-15(3)23/h6-11,13H,4-5,12H2,1-3H3,(H,21,23)(H,22,24). The molecule has 0 saturated carbocycles. The van der Waals surface area contributed by atoms with E-state index in [0.29, 0.717) is 23.5 Å². The molecule has 0 unspecified atom stereocenters. The number of nitrogens with one attached hydrogen (secondary N) is 2. The Morgan fingerprint density at radius 1 is 1.04 bits per heavy atom.